The van der Waals surface area contributed by atoms with Gasteiger partial charge in [-0.1, -0.05) is 26.3 Å². The van der Waals surface area contributed by atoms with E-state index in [-0.39, 0.29) is 34.9 Å². The molecule has 4 rings (SSSR count). The van der Waals surface area contributed by atoms with Crippen LogP contribution in [0.4, 0.5) is 0 Å². The summed E-state index contributed by atoms with van der Waals surface area (Å²) in [6.45, 7) is 5.63. The van der Waals surface area contributed by atoms with E-state index in [4.69, 9.17) is 0 Å². The predicted octanol–water partition coefficient (Wildman–Crippen LogP) is 2.03. The quantitative estimate of drug-likeness (QED) is 0.685. The smallest absolute Gasteiger partial charge is 0.190 e. The van der Waals surface area contributed by atoms with Crippen LogP contribution >= 0.6 is 0 Å². The molecule has 0 unspecified atom stereocenters. The number of ketones is 2. The molecule has 8 atom stereocenters. The summed E-state index contributed by atoms with van der Waals surface area (Å²) in [6.07, 6.45) is 4.84. The molecule has 27 heavy (non-hydrogen) atoms. The topological polar surface area (TPSA) is 94.8 Å². The Kier molecular flexibility index (Phi) is 4.27. The Bertz CT molecular complexity index is 713. The third-order valence-corrected chi connectivity index (χ3v) is 8.97. The molecule has 4 aliphatic carbocycles. The number of hydrogen-bond acceptors (Lipinski definition) is 5. The van der Waals surface area contributed by atoms with E-state index in [1.165, 1.54) is 5.57 Å². The number of aliphatic hydroxyl groups is 3. The maximum absolute atomic E-state index is 12.4. The number of Topliss-reactive ketones (excluding diaryl/α,β-unsaturated/α-hetero) is 1. The normalized spacial score (nSPS) is 51.9. The molecule has 0 aromatic carbocycles. The van der Waals surface area contributed by atoms with Crippen LogP contribution < -0.4 is 0 Å². The summed E-state index contributed by atoms with van der Waals surface area (Å²) in [5.41, 5.74) is -1.28. The molecule has 0 spiro atoms. The van der Waals surface area contributed by atoms with Crippen molar-refractivity contribution < 1.29 is 24.9 Å². The van der Waals surface area contributed by atoms with Crippen LogP contribution in [0.1, 0.15) is 59.3 Å². The van der Waals surface area contributed by atoms with Gasteiger partial charge in [0.2, 0.25) is 0 Å². The van der Waals surface area contributed by atoms with Crippen molar-refractivity contribution >= 4 is 11.6 Å². The van der Waals surface area contributed by atoms with Crippen LogP contribution in [0.15, 0.2) is 11.6 Å². The zero-order valence-corrected chi connectivity index (χ0v) is 16.6. The second-order valence-electron chi connectivity index (χ2n) is 10.1. The van der Waals surface area contributed by atoms with Crippen molar-refractivity contribution in [2.24, 2.45) is 34.5 Å². The Morgan fingerprint density at radius 2 is 2.00 bits per heavy atom. The number of rotatable bonds is 2. The minimum atomic E-state index is -1.55. The first-order chi connectivity index (χ1) is 12.6. The van der Waals surface area contributed by atoms with Crippen LogP contribution in [-0.4, -0.2) is 45.2 Å². The highest BCUT2D eigenvalue weighted by Gasteiger charge is 2.68. The summed E-state index contributed by atoms with van der Waals surface area (Å²) < 4.78 is 0. The van der Waals surface area contributed by atoms with Crippen LogP contribution in [0, 0.1) is 34.5 Å². The van der Waals surface area contributed by atoms with E-state index < -0.39 is 29.5 Å². The van der Waals surface area contributed by atoms with Gasteiger partial charge in [0.15, 0.2) is 11.6 Å². The lowest BCUT2D eigenvalue weighted by Crippen LogP contribution is -2.62. The molecule has 0 amide bonds. The van der Waals surface area contributed by atoms with Gasteiger partial charge < -0.3 is 15.3 Å². The summed E-state index contributed by atoms with van der Waals surface area (Å²) >= 11 is 0. The second kappa shape index (κ2) is 5.98. The molecule has 0 aromatic rings. The van der Waals surface area contributed by atoms with E-state index in [9.17, 15) is 24.9 Å². The predicted molar refractivity (Wildman–Crippen MR) is 99.7 cm³/mol. The molecule has 0 radical (unpaired) electrons. The molecule has 150 valence electrons. The molecule has 3 fully saturated rings. The Morgan fingerprint density at radius 1 is 1.30 bits per heavy atom. The van der Waals surface area contributed by atoms with Gasteiger partial charge in [0.1, 0.15) is 12.2 Å². The summed E-state index contributed by atoms with van der Waals surface area (Å²) in [5.74, 6) is 0.341. The van der Waals surface area contributed by atoms with Crippen LogP contribution in [0.25, 0.3) is 0 Å². The molecule has 5 heteroatoms. The summed E-state index contributed by atoms with van der Waals surface area (Å²) in [5, 5.41) is 31.9. The third kappa shape index (κ3) is 2.34. The van der Waals surface area contributed by atoms with E-state index in [1.807, 2.05) is 13.0 Å². The molecule has 0 bridgehead atoms. The van der Waals surface area contributed by atoms with Gasteiger partial charge in [0.05, 0.1) is 6.10 Å². The summed E-state index contributed by atoms with van der Waals surface area (Å²) in [7, 11) is 0. The van der Waals surface area contributed by atoms with Gasteiger partial charge in [-0.3, -0.25) is 9.59 Å². The SMILES string of the molecule is C[C@H]1C[C@@H]2[C@H]([C@H](O)C[C@@]3(C)[C@H]2CC[C@]3(O)C(=O)CO)[C@@]2(C)CCC(=O)C=C12. The summed E-state index contributed by atoms with van der Waals surface area (Å²) in [4.78, 5) is 24.5. The van der Waals surface area contributed by atoms with E-state index >= 15 is 0 Å². The van der Waals surface area contributed by atoms with Gasteiger partial charge in [0.25, 0.3) is 0 Å². The van der Waals surface area contributed by atoms with Crippen molar-refractivity contribution in [2.45, 2.75) is 71.0 Å². The Hall–Kier alpha value is -1.04. The molecule has 3 N–H and O–H groups in total. The van der Waals surface area contributed by atoms with Gasteiger partial charge >= 0.3 is 0 Å². The fraction of sp³-hybridized carbons (Fsp3) is 0.818. The largest absolute Gasteiger partial charge is 0.393 e. The molecule has 3 saturated carbocycles. The van der Waals surface area contributed by atoms with Crippen molar-refractivity contribution in [1.82, 2.24) is 0 Å². The maximum atomic E-state index is 12.4. The first-order valence-corrected chi connectivity index (χ1v) is 10.4. The molecule has 0 heterocycles. The highest BCUT2D eigenvalue weighted by Crippen LogP contribution is 2.68. The molecular weight excluding hydrogens is 344 g/mol. The number of hydrogen-bond donors (Lipinski definition) is 3. The zero-order valence-electron chi connectivity index (χ0n) is 16.6. The van der Waals surface area contributed by atoms with Crippen molar-refractivity contribution in [1.29, 1.82) is 0 Å². The average Bonchev–Trinajstić information content (AvgIpc) is 2.87. The van der Waals surface area contributed by atoms with Crippen molar-refractivity contribution in [3.05, 3.63) is 11.6 Å². The lowest BCUT2D eigenvalue weighted by molar-refractivity contribution is -0.184. The highest BCUT2D eigenvalue weighted by atomic mass is 16.3. The number of carbonyl (C=O) groups is 2. The Balaban J connectivity index is 1.77. The molecule has 0 aliphatic heterocycles. The number of aliphatic hydroxyl groups excluding tert-OH is 2. The number of fused-ring (bicyclic) bond motifs is 5. The highest BCUT2D eigenvalue weighted by molar-refractivity contribution is 5.92. The monoisotopic (exact) mass is 376 g/mol. The van der Waals surface area contributed by atoms with Gasteiger partial charge in [-0.05, 0) is 67.3 Å². The third-order valence-electron chi connectivity index (χ3n) is 8.97. The van der Waals surface area contributed by atoms with E-state index in [2.05, 4.69) is 13.8 Å². The molecule has 4 aliphatic rings. The van der Waals surface area contributed by atoms with Crippen molar-refractivity contribution in [3.63, 3.8) is 0 Å². The molecule has 0 aromatic heterocycles. The van der Waals surface area contributed by atoms with E-state index in [0.717, 1.165) is 19.3 Å². The average molecular weight is 376 g/mol. The van der Waals surface area contributed by atoms with E-state index in [0.29, 0.717) is 19.3 Å². The lowest BCUT2D eigenvalue weighted by atomic mass is 9.44. The van der Waals surface area contributed by atoms with Crippen molar-refractivity contribution in [3.8, 4) is 0 Å². The molecular formula is C22H32O5. The fourth-order valence-corrected chi connectivity index (χ4v) is 7.71. The van der Waals surface area contributed by atoms with Crippen LogP contribution in [0.5, 0.6) is 0 Å². The Labute approximate surface area is 160 Å². The van der Waals surface area contributed by atoms with E-state index in [1.54, 1.807) is 0 Å². The lowest BCUT2D eigenvalue weighted by Gasteiger charge is -2.61. The number of carbonyl (C=O) groups excluding carboxylic acids is 2. The molecule has 0 saturated heterocycles. The van der Waals surface area contributed by atoms with Crippen LogP contribution in [-0.2, 0) is 9.59 Å². The maximum Gasteiger partial charge on any atom is 0.190 e. The second-order valence-corrected chi connectivity index (χ2v) is 10.1. The standard InChI is InChI=1S/C22H32O5/c1-12-8-14-15-5-7-22(27,18(26)11-23)21(15,3)10-17(25)19(14)20(2)6-4-13(24)9-16(12)20/h9,12,14-15,17,19,23,25,27H,4-8,10-11H2,1-3H3/t12-,14-,15-,17+,19+,20-,21-,22-/m0/s1. The minimum absolute atomic E-state index is 0.0534. The zero-order chi connectivity index (χ0) is 19.8. The fourth-order valence-electron chi connectivity index (χ4n) is 7.71. The molecule has 5 nitrogen and oxygen atoms in total. The van der Waals surface area contributed by atoms with Crippen LogP contribution in [0.3, 0.4) is 0 Å². The van der Waals surface area contributed by atoms with Crippen LogP contribution in [0.2, 0.25) is 0 Å². The summed E-state index contributed by atoms with van der Waals surface area (Å²) in [6, 6.07) is 0. The van der Waals surface area contributed by atoms with Gasteiger partial charge in [-0.15, -0.1) is 0 Å². The first kappa shape index (κ1) is 19.3. The van der Waals surface area contributed by atoms with Crippen molar-refractivity contribution in [2.75, 3.05) is 6.61 Å². The Morgan fingerprint density at radius 3 is 2.67 bits per heavy atom. The van der Waals surface area contributed by atoms with Gasteiger partial charge in [-0.25, -0.2) is 0 Å². The minimum Gasteiger partial charge on any atom is -0.393 e. The van der Waals surface area contributed by atoms with Gasteiger partial charge in [-0.2, -0.15) is 0 Å². The van der Waals surface area contributed by atoms with Gasteiger partial charge in [0, 0.05) is 11.8 Å². The number of allylic oxidation sites excluding steroid dienone is 1. The first-order valence-electron chi connectivity index (χ1n) is 10.4.